The van der Waals surface area contributed by atoms with Gasteiger partial charge in [0.2, 0.25) is 10.0 Å². The quantitative estimate of drug-likeness (QED) is 0.473. The highest BCUT2D eigenvalue weighted by Crippen LogP contribution is 2.21. The van der Waals surface area contributed by atoms with E-state index >= 15 is 0 Å². The monoisotopic (exact) mass is 490 g/mol. The third-order valence-electron chi connectivity index (χ3n) is 6.79. The number of Topliss-reactive ketones (excluding diaryl/α,β-unsaturated/α-hetero) is 1. The molecular weight excluding hydrogens is 460 g/mol. The van der Waals surface area contributed by atoms with Gasteiger partial charge in [-0.25, -0.2) is 8.42 Å². The van der Waals surface area contributed by atoms with E-state index in [1.807, 2.05) is 24.3 Å². The van der Waals surface area contributed by atoms with Gasteiger partial charge in [-0.1, -0.05) is 60.7 Å². The molecule has 0 spiro atoms. The number of sulfonamides is 1. The molecule has 3 aromatic rings. The number of fused-ring (bicyclic) bond motifs is 1. The molecule has 182 valence electrons. The molecule has 0 aliphatic carbocycles. The number of carbonyl (C=O) groups excluding carboxylic acids is 1. The van der Waals surface area contributed by atoms with Crippen molar-refractivity contribution in [2.24, 2.45) is 0 Å². The molecule has 2 aliphatic rings. The topological polar surface area (TPSA) is 66.9 Å². The Morgan fingerprint density at radius 1 is 0.800 bits per heavy atom. The van der Waals surface area contributed by atoms with Gasteiger partial charge < -0.3 is 4.74 Å². The molecule has 1 saturated heterocycles. The normalized spacial score (nSPS) is 17.1. The Morgan fingerprint density at radius 3 is 2.17 bits per heavy atom. The molecule has 0 saturated carbocycles. The van der Waals surface area contributed by atoms with Gasteiger partial charge in [0.1, 0.15) is 0 Å². The van der Waals surface area contributed by atoms with Crippen molar-refractivity contribution in [2.45, 2.75) is 30.8 Å². The first kappa shape index (κ1) is 23.9. The third kappa shape index (κ3) is 5.54. The average molecular weight is 491 g/mol. The van der Waals surface area contributed by atoms with E-state index in [1.165, 1.54) is 21.0 Å². The minimum absolute atomic E-state index is 0.0206. The fraction of sp³-hybridized carbons (Fsp3) is 0.321. The summed E-state index contributed by atoms with van der Waals surface area (Å²) >= 11 is 0. The maximum atomic E-state index is 12.8. The molecule has 35 heavy (non-hydrogen) atoms. The van der Waals surface area contributed by atoms with Gasteiger partial charge in [0, 0.05) is 44.7 Å². The first-order valence-corrected chi connectivity index (χ1v) is 13.5. The van der Waals surface area contributed by atoms with Crippen LogP contribution in [0.5, 0.6) is 0 Å². The third-order valence-corrected chi connectivity index (χ3v) is 8.70. The highest BCUT2D eigenvalue weighted by atomic mass is 32.2. The van der Waals surface area contributed by atoms with Crippen molar-refractivity contribution in [3.05, 3.63) is 101 Å². The summed E-state index contributed by atoms with van der Waals surface area (Å²) in [5.41, 5.74) is 5.50. The van der Waals surface area contributed by atoms with Crippen LogP contribution in [0, 0.1) is 0 Å². The van der Waals surface area contributed by atoms with Crippen molar-refractivity contribution in [3.8, 4) is 0 Å². The van der Waals surface area contributed by atoms with Gasteiger partial charge in [-0.3, -0.25) is 9.69 Å². The molecule has 2 heterocycles. The molecule has 7 heteroatoms. The first-order chi connectivity index (χ1) is 17.0. The molecular formula is C28H30N2O4S. The summed E-state index contributed by atoms with van der Waals surface area (Å²) < 4.78 is 32.2. The van der Waals surface area contributed by atoms with Crippen molar-refractivity contribution in [2.75, 3.05) is 32.8 Å². The Bertz CT molecular complexity index is 1280. The Balaban J connectivity index is 1.18. The van der Waals surface area contributed by atoms with Crippen LogP contribution in [0.3, 0.4) is 0 Å². The molecule has 2 aliphatic heterocycles. The van der Waals surface area contributed by atoms with Crippen molar-refractivity contribution in [1.82, 2.24) is 9.21 Å². The lowest BCUT2D eigenvalue weighted by Gasteiger charge is -2.28. The molecule has 6 nitrogen and oxygen atoms in total. The molecule has 0 atom stereocenters. The zero-order valence-corrected chi connectivity index (χ0v) is 20.5. The van der Waals surface area contributed by atoms with Crippen LogP contribution < -0.4 is 0 Å². The van der Waals surface area contributed by atoms with E-state index in [1.54, 1.807) is 24.3 Å². The summed E-state index contributed by atoms with van der Waals surface area (Å²) in [6.45, 7) is 4.41. The van der Waals surface area contributed by atoms with E-state index in [0.29, 0.717) is 31.9 Å². The zero-order chi connectivity index (χ0) is 24.3. The Morgan fingerprint density at radius 2 is 1.46 bits per heavy atom. The van der Waals surface area contributed by atoms with Crippen molar-refractivity contribution >= 4 is 15.8 Å². The highest BCUT2D eigenvalue weighted by Gasteiger charge is 2.26. The summed E-state index contributed by atoms with van der Waals surface area (Å²) in [5, 5.41) is 0. The van der Waals surface area contributed by atoms with Gasteiger partial charge >= 0.3 is 0 Å². The molecule has 0 amide bonds. The van der Waals surface area contributed by atoms with E-state index in [-0.39, 0.29) is 17.1 Å². The molecule has 1 fully saturated rings. The standard InChI is InChI=1S/C28H30N2O4S/c31-28(19-22-7-11-27(12-8-22)35(32,33)30-15-17-34-18-16-30)25-9-5-23(6-10-25)20-29-14-13-24-3-1-2-4-26(24)21-29/h1-12H,13-21H2. The summed E-state index contributed by atoms with van der Waals surface area (Å²) in [4.78, 5) is 15.5. The zero-order valence-electron chi connectivity index (χ0n) is 19.7. The predicted molar refractivity (Wildman–Crippen MR) is 135 cm³/mol. The minimum Gasteiger partial charge on any atom is -0.379 e. The van der Waals surface area contributed by atoms with E-state index in [4.69, 9.17) is 4.74 Å². The van der Waals surface area contributed by atoms with Gasteiger partial charge in [0.25, 0.3) is 0 Å². The lowest BCUT2D eigenvalue weighted by Crippen LogP contribution is -2.40. The van der Waals surface area contributed by atoms with Gasteiger partial charge in [-0.15, -0.1) is 0 Å². The van der Waals surface area contributed by atoms with Crippen LogP contribution >= 0.6 is 0 Å². The Labute approximate surface area is 207 Å². The summed E-state index contributed by atoms with van der Waals surface area (Å²) in [6, 6.07) is 23.1. The van der Waals surface area contributed by atoms with Crippen LogP contribution in [0.25, 0.3) is 0 Å². The maximum absolute atomic E-state index is 12.8. The van der Waals surface area contributed by atoms with E-state index in [0.717, 1.165) is 31.6 Å². The van der Waals surface area contributed by atoms with Gasteiger partial charge in [-0.05, 0) is 40.8 Å². The van der Waals surface area contributed by atoms with Crippen molar-refractivity contribution in [1.29, 1.82) is 0 Å². The van der Waals surface area contributed by atoms with Gasteiger partial charge in [-0.2, -0.15) is 4.31 Å². The second kappa shape index (κ2) is 10.4. The molecule has 5 rings (SSSR count). The molecule has 3 aromatic carbocycles. The lowest BCUT2D eigenvalue weighted by atomic mass is 9.99. The van der Waals surface area contributed by atoms with Crippen LogP contribution in [-0.4, -0.2) is 56.3 Å². The van der Waals surface area contributed by atoms with E-state index in [2.05, 4.69) is 29.2 Å². The van der Waals surface area contributed by atoms with Crippen molar-refractivity contribution in [3.63, 3.8) is 0 Å². The van der Waals surface area contributed by atoms with Gasteiger partial charge in [0.05, 0.1) is 18.1 Å². The minimum atomic E-state index is -3.53. The lowest BCUT2D eigenvalue weighted by molar-refractivity contribution is 0.0730. The number of ether oxygens (including phenoxy) is 1. The Hall–Kier alpha value is -2.84. The number of carbonyl (C=O) groups is 1. The van der Waals surface area contributed by atoms with E-state index < -0.39 is 10.0 Å². The van der Waals surface area contributed by atoms with Crippen LogP contribution in [-0.2, 0) is 40.7 Å². The molecule has 0 bridgehead atoms. The van der Waals surface area contributed by atoms with Crippen molar-refractivity contribution < 1.29 is 17.9 Å². The predicted octanol–water partition coefficient (Wildman–Crippen LogP) is 3.69. The summed E-state index contributed by atoms with van der Waals surface area (Å²) in [6.07, 6.45) is 1.30. The van der Waals surface area contributed by atoms with Gasteiger partial charge in [0.15, 0.2) is 5.78 Å². The number of ketones is 1. The second-order valence-electron chi connectivity index (χ2n) is 9.19. The van der Waals surface area contributed by atoms with Crippen LogP contribution in [0.15, 0.2) is 77.7 Å². The number of hydrogen-bond donors (Lipinski definition) is 0. The largest absolute Gasteiger partial charge is 0.379 e. The maximum Gasteiger partial charge on any atom is 0.243 e. The van der Waals surface area contributed by atoms with Crippen LogP contribution in [0.1, 0.15) is 32.6 Å². The first-order valence-electron chi connectivity index (χ1n) is 12.1. The second-order valence-corrected chi connectivity index (χ2v) is 11.1. The molecule has 0 N–H and O–H groups in total. The number of nitrogens with zero attached hydrogens (tertiary/aromatic N) is 2. The van der Waals surface area contributed by atoms with Crippen LogP contribution in [0.4, 0.5) is 0 Å². The fourth-order valence-electron chi connectivity index (χ4n) is 4.75. The molecule has 0 aromatic heterocycles. The summed E-state index contributed by atoms with van der Waals surface area (Å²) in [5.74, 6) is 0.0206. The summed E-state index contributed by atoms with van der Waals surface area (Å²) in [7, 11) is -3.53. The van der Waals surface area contributed by atoms with Crippen LogP contribution in [0.2, 0.25) is 0 Å². The number of rotatable bonds is 7. The van der Waals surface area contributed by atoms with E-state index in [9.17, 15) is 13.2 Å². The SMILES string of the molecule is O=C(Cc1ccc(S(=O)(=O)N2CCOCC2)cc1)c1ccc(CN2CCc3ccccc3C2)cc1. The number of morpholine rings is 1. The highest BCUT2D eigenvalue weighted by molar-refractivity contribution is 7.89. The smallest absolute Gasteiger partial charge is 0.243 e. The molecule has 0 unspecified atom stereocenters. The molecule has 0 radical (unpaired) electrons. The number of hydrogen-bond acceptors (Lipinski definition) is 5. The average Bonchev–Trinajstić information content (AvgIpc) is 2.90. The Kier molecular flexibility index (Phi) is 7.11. The number of benzene rings is 3. The fourth-order valence-corrected chi connectivity index (χ4v) is 6.15.